The first-order chi connectivity index (χ1) is 12.0. The molecule has 0 unspecified atom stereocenters. The van der Waals surface area contributed by atoms with E-state index < -0.39 is 16.1 Å². The molecule has 2 aliphatic heterocycles. The molecule has 136 valence electrons. The van der Waals surface area contributed by atoms with Gasteiger partial charge >= 0.3 is 0 Å². The summed E-state index contributed by atoms with van der Waals surface area (Å²) in [6, 6.07) is 7.60. The van der Waals surface area contributed by atoms with Crippen LogP contribution in [0.4, 0.5) is 5.69 Å². The van der Waals surface area contributed by atoms with E-state index in [1.807, 2.05) is 30.0 Å². The number of nitrogens with zero attached hydrogens (tertiary/aromatic N) is 2. The van der Waals surface area contributed by atoms with Crippen LogP contribution >= 0.6 is 0 Å². The highest BCUT2D eigenvalue weighted by atomic mass is 32.2. The van der Waals surface area contributed by atoms with Gasteiger partial charge in [-0.05, 0) is 43.7 Å². The minimum absolute atomic E-state index is 0.0335. The van der Waals surface area contributed by atoms with Crippen molar-refractivity contribution in [3.63, 3.8) is 0 Å². The highest BCUT2D eigenvalue weighted by Crippen LogP contribution is 2.56. The number of carbonyl (C=O) groups excluding carboxylic acids is 1. The Kier molecular flexibility index (Phi) is 4.15. The Morgan fingerprint density at radius 2 is 2.04 bits per heavy atom. The van der Waals surface area contributed by atoms with Crippen molar-refractivity contribution in [2.45, 2.75) is 56.9 Å². The molecule has 1 atom stereocenters. The van der Waals surface area contributed by atoms with E-state index in [1.165, 1.54) is 9.87 Å². The number of anilines is 1. The first-order valence-corrected chi connectivity index (χ1v) is 11.0. The Balaban J connectivity index is 1.59. The lowest BCUT2D eigenvalue weighted by Crippen LogP contribution is -2.48. The second-order valence-electron chi connectivity index (χ2n) is 7.66. The third-order valence-electron chi connectivity index (χ3n) is 5.95. The van der Waals surface area contributed by atoms with Gasteiger partial charge in [-0.2, -0.15) is 4.31 Å². The quantitative estimate of drug-likeness (QED) is 0.809. The normalized spacial score (nSPS) is 24.7. The lowest BCUT2D eigenvalue weighted by molar-refractivity contribution is -0.121. The molecule has 2 heterocycles. The minimum atomic E-state index is -3.35. The Hall–Kier alpha value is -1.40. The Morgan fingerprint density at radius 3 is 2.76 bits per heavy atom. The van der Waals surface area contributed by atoms with Gasteiger partial charge in [-0.25, -0.2) is 8.42 Å². The fourth-order valence-corrected chi connectivity index (χ4v) is 6.23. The summed E-state index contributed by atoms with van der Waals surface area (Å²) in [5.41, 5.74) is 2.39. The third kappa shape index (κ3) is 2.79. The van der Waals surface area contributed by atoms with Crippen LogP contribution in [0.15, 0.2) is 24.3 Å². The van der Waals surface area contributed by atoms with Gasteiger partial charge < -0.3 is 4.90 Å². The van der Waals surface area contributed by atoms with Crippen LogP contribution in [0.2, 0.25) is 0 Å². The molecule has 1 saturated heterocycles. The predicted octanol–water partition coefficient (Wildman–Crippen LogP) is 2.66. The van der Waals surface area contributed by atoms with Gasteiger partial charge in [0.2, 0.25) is 15.9 Å². The largest absolute Gasteiger partial charge is 0.310 e. The highest BCUT2D eigenvalue weighted by Gasteiger charge is 2.54. The van der Waals surface area contributed by atoms with Gasteiger partial charge in [0, 0.05) is 24.2 Å². The molecule has 1 aliphatic carbocycles. The Labute approximate surface area is 150 Å². The van der Waals surface area contributed by atoms with Crippen molar-refractivity contribution in [2.24, 2.45) is 0 Å². The molecule has 1 saturated carbocycles. The smallest absolute Gasteiger partial charge is 0.245 e. The van der Waals surface area contributed by atoms with Gasteiger partial charge in [0.25, 0.3) is 0 Å². The van der Waals surface area contributed by atoms with Gasteiger partial charge in [0.1, 0.15) is 6.04 Å². The maximum absolute atomic E-state index is 13.3. The molecule has 1 aromatic carbocycles. The van der Waals surface area contributed by atoms with E-state index in [-0.39, 0.29) is 17.1 Å². The van der Waals surface area contributed by atoms with Crippen LogP contribution in [0.5, 0.6) is 0 Å². The molecule has 1 spiro atoms. The maximum atomic E-state index is 13.3. The Morgan fingerprint density at radius 1 is 1.28 bits per heavy atom. The number of sulfonamides is 1. The van der Waals surface area contributed by atoms with Crippen LogP contribution in [0.3, 0.4) is 0 Å². The van der Waals surface area contributed by atoms with Crippen LogP contribution in [0.25, 0.3) is 0 Å². The van der Waals surface area contributed by atoms with Crippen molar-refractivity contribution in [1.29, 1.82) is 0 Å². The number of rotatable bonds is 5. The Bertz CT molecular complexity index is 786. The van der Waals surface area contributed by atoms with Gasteiger partial charge in [-0.1, -0.05) is 31.5 Å². The standard InChI is InChI=1S/C19H26N2O3S/c1-2-3-13-25(23,24)21-12-6-9-17(21)18(22)20-14-19(10-11-19)15-7-4-5-8-16(15)20/h4-5,7-8,17H,2-3,6,9-14H2,1H3/t17-/m0/s1. The van der Waals surface area contributed by atoms with E-state index in [9.17, 15) is 13.2 Å². The van der Waals surface area contributed by atoms with Crippen LogP contribution < -0.4 is 4.90 Å². The molecule has 25 heavy (non-hydrogen) atoms. The molecule has 4 rings (SSSR count). The maximum Gasteiger partial charge on any atom is 0.245 e. The number of benzene rings is 1. The number of hydrogen-bond donors (Lipinski definition) is 0. The summed E-state index contributed by atoms with van der Waals surface area (Å²) in [6.45, 7) is 3.17. The van der Waals surface area contributed by atoms with Crippen LogP contribution in [0, 0.1) is 0 Å². The second kappa shape index (κ2) is 6.09. The van der Waals surface area contributed by atoms with Gasteiger partial charge in [0.05, 0.1) is 5.75 Å². The van der Waals surface area contributed by atoms with Crippen molar-refractivity contribution in [2.75, 3.05) is 23.7 Å². The molecule has 0 N–H and O–H groups in total. The summed E-state index contributed by atoms with van der Waals surface area (Å²) in [6.07, 6.45) is 5.13. The number of para-hydroxylation sites is 1. The average molecular weight is 362 g/mol. The van der Waals surface area contributed by atoms with Crippen LogP contribution in [-0.4, -0.2) is 43.5 Å². The molecule has 0 bridgehead atoms. The molecule has 3 aliphatic rings. The van der Waals surface area contributed by atoms with Crippen molar-refractivity contribution in [3.05, 3.63) is 29.8 Å². The molecule has 6 heteroatoms. The average Bonchev–Trinajstić information content (AvgIpc) is 3.07. The van der Waals surface area contributed by atoms with Gasteiger partial charge in [0.15, 0.2) is 0 Å². The first kappa shape index (κ1) is 17.0. The third-order valence-corrected chi connectivity index (χ3v) is 7.90. The highest BCUT2D eigenvalue weighted by molar-refractivity contribution is 7.89. The zero-order chi connectivity index (χ0) is 17.7. The van der Waals surface area contributed by atoms with E-state index >= 15 is 0 Å². The summed E-state index contributed by atoms with van der Waals surface area (Å²) in [5, 5.41) is 0. The fourth-order valence-electron chi connectivity index (χ4n) is 4.35. The predicted molar refractivity (Wildman–Crippen MR) is 98.1 cm³/mol. The number of carbonyl (C=O) groups is 1. The summed E-state index contributed by atoms with van der Waals surface area (Å²) in [7, 11) is -3.35. The zero-order valence-electron chi connectivity index (χ0n) is 14.8. The molecular formula is C19H26N2O3S. The van der Waals surface area contributed by atoms with Crippen molar-refractivity contribution in [1.82, 2.24) is 4.31 Å². The van der Waals surface area contributed by atoms with E-state index in [0.29, 0.717) is 25.9 Å². The van der Waals surface area contributed by atoms with Gasteiger partial charge in [-0.15, -0.1) is 0 Å². The second-order valence-corrected chi connectivity index (χ2v) is 9.70. The topological polar surface area (TPSA) is 57.7 Å². The fraction of sp³-hybridized carbons (Fsp3) is 0.632. The molecule has 1 aromatic rings. The van der Waals surface area contributed by atoms with Crippen molar-refractivity contribution < 1.29 is 13.2 Å². The van der Waals surface area contributed by atoms with Crippen LogP contribution in [0.1, 0.15) is 51.0 Å². The molecule has 2 fully saturated rings. The summed E-state index contributed by atoms with van der Waals surface area (Å²) < 4.78 is 26.8. The summed E-state index contributed by atoms with van der Waals surface area (Å²) in [4.78, 5) is 15.1. The molecule has 1 amide bonds. The first-order valence-electron chi connectivity index (χ1n) is 9.39. The summed E-state index contributed by atoms with van der Waals surface area (Å²) >= 11 is 0. The number of amides is 1. The van der Waals surface area contributed by atoms with E-state index in [4.69, 9.17) is 0 Å². The van der Waals surface area contributed by atoms with E-state index in [2.05, 4.69) is 6.07 Å². The van der Waals surface area contributed by atoms with Crippen molar-refractivity contribution in [3.8, 4) is 0 Å². The minimum Gasteiger partial charge on any atom is -0.310 e. The number of fused-ring (bicyclic) bond motifs is 2. The summed E-state index contributed by atoms with van der Waals surface area (Å²) in [5.74, 6) is 0.113. The molecule has 0 radical (unpaired) electrons. The SMILES string of the molecule is CCCCS(=O)(=O)N1CCC[C@H]1C(=O)N1CC2(CC2)c2ccccc21. The van der Waals surface area contributed by atoms with Crippen LogP contribution in [-0.2, 0) is 20.2 Å². The monoisotopic (exact) mass is 362 g/mol. The zero-order valence-corrected chi connectivity index (χ0v) is 15.6. The molecule has 5 nitrogen and oxygen atoms in total. The number of hydrogen-bond acceptors (Lipinski definition) is 3. The van der Waals surface area contributed by atoms with Crippen molar-refractivity contribution >= 4 is 21.6 Å². The van der Waals surface area contributed by atoms with E-state index in [1.54, 1.807) is 0 Å². The lowest BCUT2D eigenvalue weighted by atomic mass is 9.99. The van der Waals surface area contributed by atoms with E-state index in [0.717, 1.165) is 31.4 Å². The lowest BCUT2D eigenvalue weighted by Gasteiger charge is -2.28. The molecule has 0 aromatic heterocycles. The molecular weight excluding hydrogens is 336 g/mol. The number of unbranched alkanes of at least 4 members (excludes halogenated alkanes) is 1. The van der Waals surface area contributed by atoms with Gasteiger partial charge in [-0.3, -0.25) is 4.79 Å².